The van der Waals surface area contributed by atoms with E-state index in [1.165, 1.54) is 18.4 Å². The van der Waals surface area contributed by atoms with Crippen molar-refractivity contribution in [1.82, 2.24) is 10.3 Å². The molecule has 0 amide bonds. The Kier molecular flexibility index (Phi) is 4.91. The molecule has 1 aliphatic rings. The number of ether oxygens (including phenoxy) is 2. The zero-order chi connectivity index (χ0) is 15.2. The summed E-state index contributed by atoms with van der Waals surface area (Å²) in [6.07, 6.45) is 4.15. The van der Waals surface area contributed by atoms with Crippen LogP contribution in [0.5, 0.6) is 17.4 Å². The third-order valence-electron chi connectivity index (χ3n) is 3.85. The number of aryl methyl sites for hydroxylation is 1. The van der Waals surface area contributed by atoms with Crippen molar-refractivity contribution in [3.63, 3.8) is 0 Å². The zero-order valence-corrected chi connectivity index (χ0v) is 12.9. The van der Waals surface area contributed by atoms with Crippen molar-refractivity contribution in [1.29, 1.82) is 0 Å². The fourth-order valence-electron chi connectivity index (χ4n) is 2.55. The van der Waals surface area contributed by atoms with Crippen molar-refractivity contribution in [2.75, 3.05) is 19.7 Å². The Hall–Kier alpha value is -2.07. The monoisotopic (exact) mass is 298 g/mol. The van der Waals surface area contributed by atoms with Gasteiger partial charge in [-0.1, -0.05) is 17.7 Å². The van der Waals surface area contributed by atoms with Crippen LogP contribution >= 0.6 is 0 Å². The molecule has 2 aromatic rings. The number of pyridine rings is 1. The number of rotatable bonds is 5. The van der Waals surface area contributed by atoms with Gasteiger partial charge in [-0.25, -0.2) is 4.98 Å². The van der Waals surface area contributed by atoms with Gasteiger partial charge in [0.05, 0.1) is 6.61 Å². The predicted octanol–water partition coefficient (Wildman–Crippen LogP) is 3.56. The molecule has 1 aromatic carbocycles. The van der Waals surface area contributed by atoms with Gasteiger partial charge in [0.2, 0.25) is 0 Å². The number of aromatic nitrogens is 1. The van der Waals surface area contributed by atoms with Gasteiger partial charge in [0.1, 0.15) is 5.75 Å². The molecule has 2 heterocycles. The number of hydrogen-bond donors (Lipinski definition) is 1. The minimum atomic E-state index is 0.523. The fourth-order valence-corrected chi connectivity index (χ4v) is 2.55. The van der Waals surface area contributed by atoms with Crippen molar-refractivity contribution in [2.24, 2.45) is 5.92 Å². The van der Waals surface area contributed by atoms with E-state index >= 15 is 0 Å². The molecule has 1 saturated heterocycles. The van der Waals surface area contributed by atoms with E-state index in [0.717, 1.165) is 18.8 Å². The Labute approximate surface area is 131 Å². The molecular weight excluding hydrogens is 276 g/mol. The lowest BCUT2D eigenvalue weighted by atomic mass is 10.0. The number of benzene rings is 1. The Morgan fingerprint density at radius 2 is 2.09 bits per heavy atom. The lowest BCUT2D eigenvalue weighted by Gasteiger charge is -2.23. The van der Waals surface area contributed by atoms with Crippen LogP contribution in [-0.2, 0) is 0 Å². The molecule has 1 aromatic heterocycles. The second kappa shape index (κ2) is 7.27. The third kappa shape index (κ3) is 3.98. The van der Waals surface area contributed by atoms with Gasteiger partial charge in [-0.15, -0.1) is 0 Å². The Morgan fingerprint density at radius 3 is 2.86 bits per heavy atom. The van der Waals surface area contributed by atoms with Crippen molar-refractivity contribution in [3.05, 3.63) is 48.2 Å². The highest BCUT2D eigenvalue weighted by Gasteiger charge is 2.15. The highest BCUT2D eigenvalue weighted by atomic mass is 16.5. The zero-order valence-electron chi connectivity index (χ0n) is 12.9. The van der Waals surface area contributed by atoms with Crippen molar-refractivity contribution in [2.45, 2.75) is 19.8 Å². The fraction of sp³-hybridized carbons (Fsp3) is 0.389. The predicted molar refractivity (Wildman–Crippen MR) is 86.6 cm³/mol. The average Bonchev–Trinajstić information content (AvgIpc) is 2.57. The maximum Gasteiger partial charge on any atom is 0.262 e. The molecule has 4 nitrogen and oxygen atoms in total. The molecule has 0 aliphatic carbocycles. The molecule has 1 atom stereocenters. The van der Waals surface area contributed by atoms with Crippen LogP contribution in [0.4, 0.5) is 0 Å². The molecule has 4 heteroatoms. The summed E-state index contributed by atoms with van der Waals surface area (Å²) in [4.78, 5) is 4.30. The van der Waals surface area contributed by atoms with E-state index in [0.29, 0.717) is 24.2 Å². The van der Waals surface area contributed by atoms with Gasteiger partial charge in [-0.3, -0.25) is 0 Å². The number of nitrogens with zero attached hydrogens (tertiary/aromatic N) is 1. The molecule has 1 fully saturated rings. The molecule has 0 radical (unpaired) electrons. The van der Waals surface area contributed by atoms with E-state index < -0.39 is 0 Å². The maximum atomic E-state index is 5.95. The van der Waals surface area contributed by atoms with Gasteiger partial charge < -0.3 is 14.8 Å². The summed E-state index contributed by atoms with van der Waals surface area (Å²) in [6.45, 7) is 4.89. The standard InChI is InChI=1S/C18H22N2O2/c1-14-6-8-16(9-7-14)22-18-17(5-3-11-20-18)21-13-15-4-2-10-19-12-15/h3,5-9,11,15,19H,2,4,10,12-13H2,1H3/t15-/m0/s1. The van der Waals surface area contributed by atoms with Crippen LogP contribution in [0.3, 0.4) is 0 Å². The van der Waals surface area contributed by atoms with Crippen LogP contribution in [0.25, 0.3) is 0 Å². The average molecular weight is 298 g/mol. The van der Waals surface area contributed by atoms with Crippen LogP contribution < -0.4 is 14.8 Å². The maximum absolute atomic E-state index is 5.95. The third-order valence-corrected chi connectivity index (χ3v) is 3.85. The first-order valence-electron chi connectivity index (χ1n) is 7.84. The molecule has 0 bridgehead atoms. The van der Waals surface area contributed by atoms with Crippen molar-refractivity contribution < 1.29 is 9.47 Å². The Bertz CT molecular complexity index is 592. The summed E-state index contributed by atoms with van der Waals surface area (Å²) in [6, 6.07) is 11.7. The molecule has 1 aliphatic heterocycles. The highest BCUT2D eigenvalue weighted by Crippen LogP contribution is 2.29. The lowest BCUT2D eigenvalue weighted by molar-refractivity contribution is 0.212. The largest absolute Gasteiger partial charge is 0.488 e. The summed E-state index contributed by atoms with van der Waals surface area (Å²) in [7, 11) is 0. The minimum absolute atomic E-state index is 0.523. The van der Waals surface area contributed by atoms with E-state index in [4.69, 9.17) is 9.47 Å². The number of hydrogen-bond acceptors (Lipinski definition) is 4. The lowest BCUT2D eigenvalue weighted by Crippen LogP contribution is -2.33. The Morgan fingerprint density at radius 1 is 1.23 bits per heavy atom. The van der Waals surface area contributed by atoms with Gasteiger partial charge in [-0.05, 0) is 50.6 Å². The molecular formula is C18H22N2O2. The van der Waals surface area contributed by atoms with Crippen LogP contribution in [0.2, 0.25) is 0 Å². The van der Waals surface area contributed by atoms with Crippen LogP contribution in [0.1, 0.15) is 18.4 Å². The van der Waals surface area contributed by atoms with Gasteiger partial charge in [-0.2, -0.15) is 0 Å². The topological polar surface area (TPSA) is 43.4 Å². The summed E-state index contributed by atoms with van der Waals surface area (Å²) in [5.41, 5.74) is 1.20. The van der Waals surface area contributed by atoms with E-state index in [9.17, 15) is 0 Å². The molecule has 0 saturated carbocycles. The first-order valence-corrected chi connectivity index (χ1v) is 7.84. The summed E-state index contributed by atoms with van der Waals surface area (Å²) in [5.74, 6) is 2.55. The molecule has 22 heavy (non-hydrogen) atoms. The summed E-state index contributed by atoms with van der Waals surface area (Å²) < 4.78 is 11.8. The molecule has 3 rings (SSSR count). The second-order valence-corrected chi connectivity index (χ2v) is 5.75. The second-order valence-electron chi connectivity index (χ2n) is 5.75. The number of piperidine rings is 1. The first kappa shape index (κ1) is 14.9. The van der Waals surface area contributed by atoms with Crippen LogP contribution in [0.15, 0.2) is 42.6 Å². The first-order chi connectivity index (χ1) is 10.8. The molecule has 1 N–H and O–H groups in total. The van der Waals surface area contributed by atoms with Crippen LogP contribution in [0, 0.1) is 12.8 Å². The van der Waals surface area contributed by atoms with Crippen molar-refractivity contribution >= 4 is 0 Å². The van der Waals surface area contributed by atoms with E-state index in [1.54, 1.807) is 6.20 Å². The van der Waals surface area contributed by atoms with E-state index in [2.05, 4.69) is 17.2 Å². The van der Waals surface area contributed by atoms with Gasteiger partial charge in [0.15, 0.2) is 5.75 Å². The van der Waals surface area contributed by atoms with Crippen molar-refractivity contribution in [3.8, 4) is 17.4 Å². The smallest absolute Gasteiger partial charge is 0.262 e. The SMILES string of the molecule is Cc1ccc(Oc2ncccc2OC[C@H]2CCCNC2)cc1. The normalized spacial score (nSPS) is 18.0. The molecule has 116 valence electrons. The minimum Gasteiger partial charge on any atom is -0.488 e. The Balaban J connectivity index is 1.65. The highest BCUT2D eigenvalue weighted by molar-refractivity contribution is 5.37. The van der Waals surface area contributed by atoms with Crippen LogP contribution in [-0.4, -0.2) is 24.7 Å². The molecule has 0 spiro atoms. The quantitative estimate of drug-likeness (QED) is 0.916. The van der Waals surface area contributed by atoms with E-state index in [1.807, 2.05) is 36.4 Å². The number of nitrogens with one attached hydrogen (secondary N) is 1. The van der Waals surface area contributed by atoms with Gasteiger partial charge >= 0.3 is 0 Å². The summed E-state index contributed by atoms with van der Waals surface area (Å²) in [5, 5.41) is 3.40. The van der Waals surface area contributed by atoms with E-state index in [-0.39, 0.29) is 0 Å². The molecule has 0 unspecified atom stereocenters. The summed E-state index contributed by atoms with van der Waals surface area (Å²) >= 11 is 0. The van der Waals surface area contributed by atoms with Gasteiger partial charge in [0.25, 0.3) is 5.88 Å². The van der Waals surface area contributed by atoms with Gasteiger partial charge in [0, 0.05) is 18.7 Å².